The van der Waals surface area contributed by atoms with Gasteiger partial charge < -0.3 is 5.11 Å². The second-order valence-corrected chi connectivity index (χ2v) is 6.98. The minimum atomic E-state index is -3.64. The number of hydrogen-bond donors (Lipinski definition) is 2. The summed E-state index contributed by atoms with van der Waals surface area (Å²) >= 11 is 0. The van der Waals surface area contributed by atoms with Gasteiger partial charge in [-0.15, -0.1) is 0 Å². The van der Waals surface area contributed by atoms with Crippen LogP contribution in [0.2, 0.25) is 0 Å². The molecule has 1 aliphatic rings. The maximum Gasteiger partial charge on any atom is 0.228 e. The molecule has 104 valence electrons. The quantitative estimate of drug-likeness (QED) is 0.739. The summed E-state index contributed by atoms with van der Waals surface area (Å²) in [5.74, 6) is 0. The Morgan fingerprint density at radius 1 is 1.33 bits per heavy atom. The van der Waals surface area contributed by atoms with Crippen molar-refractivity contribution in [3.63, 3.8) is 0 Å². The smallest absolute Gasteiger partial charge is 0.228 e. The van der Waals surface area contributed by atoms with E-state index in [1.165, 1.54) is 0 Å². The lowest BCUT2D eigenvalue weighted by molar-refractivity contribution is 0.0302. The first-order chi connectivity index (χ1) is 8.43. The van der Waals surface area contributed by atoms with Gasteiger partial charge in [0.2, 0.25) is 10.0 Å². The predicted octanol–water partition coefficient (Wildman–Crippen LogP) is 1.29. The highest BCUT2D eigenvalue weighted by Crippen LogP contribution is 2.26. The fourth-order valence-corrected chi connectivity index (χ4v) is 3.53. The van der Waals surface area contributed by atoms with E-state index in [0.717, 1.165) is 25.7 Å². The summed E-state index contributed by atoms with van der Waals surface area (Å²) < 4.78 is 26.0. The lowest BCUT2D eigenvalue weighted by atomic mass is 9.95. The largest absolute Gasteiger partial charge is 0.389 e. The van der Waals surface area contributed by atoms with Crippen LogP contribution in [0.5, 0.6) is 0 Å². The van der Waals surface area contributed by atoms with Gasteiger partial charge in [0, 0.05) is 6.54 Å². The van der Waals surface area contributed by atoms with E-state index >= 15 is 0 Å². The van der Waals surface area contributed by atoms with E-state index < -0.39 is 20.9 Å². The molecule has 0 aliphatic heterocycles. The molecule has 0 saturated heterocycles. The Kier molecular flexibility index (Phi) is 5.57. The lowest BCUT2D eigenvalue weighted by Crippen LogP contribution is -2.45. The van der Waals surface area contributed by atoms with Gasteiger partial charge in [0.1, 0.15) is 0 Å². The number of aliphatic hydroxyl groups is 1. The van der Waals surface area contributed by atoms with Crippen molar-refractivity contribution >= 4 is 10.0 Å². The predicted molar refractivity (Wildman–Crippen MR) is 69.3 cm³/mol. The van der Waals surface area contributed by atoms with Gasteiger partial charge in [-0.1, -0.05) is 32.6 Å². The third kappa shape index (κ3) is 4.23. The summed E-state index contributed by atoms with van der Waals surface area (Å²) in [5.41, 5.74) is -0.947. The monoisotopic (exact) mass is 274 g/mol. The van der Waals surface area contributed by atoms with Crippen LogP contribution in [-0.2, 0) is 10.0 Å². The topological polar surface area (TPSA) is 90.2 Å². The maximum atomic E-state index is 11.8. The number of rotatable bonds is 5. The van der Waals surface area contributed by atoms with Crippen LogP contribution in [0.25, 0.3) is 0 Å². The first-order valence-corrected chi connectivity index (χ1v) is 8.08. The van der Waals surface area contributed by atoms with Crippen molar-refractivity contribution in [2.24, 2.45) is 0 Å². The summed E-state index contributed by atoms with van der Waals surface area (Å²) in [6, 6.07) is 1.77. The molecule has 0 radical (unpaired) electrons. The zero-order chi connectivity index (χ0) is 13.6. The molecule has 0 aromatic carbocycles. The van der Waals surface area contributed by atoms with Crippen molar-refractivity contribution in [3.8, 4) is 6.07 Å². The summed E-state index contributed by atoms with van der Waals surface area (Å²) in [7, 11) is -3.64. The number of nitriles is 1. The van der Waals surface area contributed by atoms with E-state index in [0.29, 0.717) is 12.8 Å². The molecule has 6 heteroatoms. The van der Waals surface area contributed by atoms with E-state index in [1.54, 1.807) is 13.0 Å². The van der Waals surface area contributed by atoms with Gasteiger partial charge >= 0.3 is 0 Å². The zero-order valence-electron chi connectivity index (χ0n) is 10.9. The van der Waals surface area contributed by atoms with E-state index in [2.05, 4.69) is 4.72 Å². The highest BCUT2D eigenvalue weighted by molar-refractivity contribution is 7.90. The van der Waals surface area contributed by atoms with Crippen LogP contribution in [0.3, 0.4) is 0 Å². The third-order valence-corrected chi connectivity index (χ3v) is 5.26. The van der Waals surface area contributed by atoms with Crippen molar-refractivity contribution in [2.75, 3.05) is 6.54 Å². The van der Waals surface area contributed by atoms with E-state index in [-0.39, 0.29) is 13.0 Å². The molecule has 1 atom stereocenters. The Morgan fingerprint density at radius 2 is 1.89 bits per heavy atom. The van der Waals surface area contributed by atoms with E-state index in [4.69, 9.17) is 5.26 Å². The van der Waals surface area contributed by atoms with Gasteiger partial charge in [0.15, 0.2) is 5.25 Å². The molecule has 0 aromatic heterocycles. The number of sulfonamides is 1. The molecule has 2 N–H and O–H groups in total. The van der Waals surface area contributed by atoms with Gasteiger partial charge in [0.05, 0.1) is 11.7 Å². The van der Waals surface area contributed by atoms with Crippen LogP contribution in [0.15, 0.2) is 0 Å². The van der Waals surface area contributed by atoms with Crippen molar-refractivity contribution in [3.05, 3.63) is 0 Å². The highest BCUT2D eigenvalue weighted by Gasteiger charge is 2.31. The molecule has 0 amide bonds. The third-order valence-electron chi connectivity index (χ3n) is 3.53. The highest BCUT2D eigenvalue weighted by atomic mass is 32.2. The minimum Gasteiger partial charge on any atom is -0.389 e. The van der Waals surface area contributed by atoms with Crippen LogP contribution in [0.4, 0.5) is 0 Å². The fraction of sp³-hybridized carbons (Fsp3) is 0.917. The van der Waals surface area contributed by atoms with E-state index in [9.17, 15) is 13.5 Å². The van der Waals surface area contributed by atoms with Gasteiger partial charge in [-0.3, -0.25) is 0 Å². The first kappa shape index (κ1) is 15.4. The Labute approximate surface area is 109 Å². The summed E-state index contributed by atoms with van der Waals surface area (Å²) in [5, 5.41) is 18.1. The Morgan fingerprint density at radius 3 is 2.33 bits per heavy atom. The first-order valence-electron chi connectivity index (χ1n) is 6.54. The van der Waals surface area contributed by atoms with Crippen LogP contribution >= 0.6 is 0 Å². The molecule has 1 rings (SSSR count). The van der Waals surface area contributed by atoms with Crippen LogP contribution < -0.4 is 4.72 Å². The Hall–Kier alpha value is -0.640. The Balaban J connectivity index is 2.61. The van der Waals surface area contributed by atoms with Crippen LogP contribution in [-0.4, -0.2) is 30.9 Å². The standard InChI is InChI=1S/C12H22N2O3S/c1-2-11(9-13)18(16,17)14-10-12(15)7-5-3-4-6-8-12/h11,14-15H,2-8,10H2,1H3. The van der Waals surface area contributed by atoms with Gasteiger partial charge in [-0.25, -0.2) is 13.1 Å². The molecule has 0 spiro atoms. The average Bonchev–Trinajstić information content (AvgIpc) is 2.54. The van der Waals surface area contributed by atoms with Gasteiger partial charge in [0.25, 0.3) is 0 Å². The maximum absolute atomic E-state index is 11.8. The number of hydrogen-bond acceptors (Lipinski definition) is 4. The molecule has 5 nitrogen and oxygen atoms in total. The second kappa shape index (κ2) is 6.50. The van der Waals surface area contributed by atoms with Gasteiger partial charge in [-0.05, 0) is 19.3 Å². The summed E-state index contributed by atoms with van der Waals surface area (Å²) in [6.07, 6.45) is 5.53. The molecule has 0 heterocycles. The summed E-state index contributed by atoms with van der Waals surface area (Å²) in [6.45, 7) is 1.68. The Bertz CT molecular complexity index is 392. The van der Waals surface area contributed by atoms with Crippen molar-refractivity contribution in [2.45, 2.75) is 62.7 Å². The minimum absolute atomic E-state index is 0.0213. The SMILES string of the molecule is CCC(C#N)S(=O)(=O)NCC1(O)CCCCCC1. The van der Waals surface area contributed by atoms with Crippen LogP contribution in [0.1, 0.15) is 51.9 Å². The number of nitrogens with one attached hydrogen (secondary N) is 1. The molecule has 0 bridgehead atoms. The molecule has 0 aromatic rings. The zero-order valence-corrected chi connectivity index (χ0v) is 11.7. The fourth-order valence-electron chi connectivity index (χ4n) is 2.28. The lowest BCUT2D eigenvalue weighted by Gasteiger charge is -2.27. The van der Waals surface area contributed by atoms with Crippen LogP contribution in [0, 0.1) is 11.3 Å². The normalized spacial score (nSPS) is 21.8. The van der Waals surface area contributed by atoms with Crippen molar-refractivity contribution < 1.29 is 13.5 Å². The average molecular weight is 274 g/mol. The number of nitrogens with zero attached hydrogens (tertiary/aromatic N) is 1. The van der Waals surface area contributed by atoms with Gasteiger partial charge in [-0.2, -0.15) is 5.26 Å². The van der Waals surface area contributed by atoms with Crippen molar-refractivity contribution in [1.82, 2.24) is 4.72 Å². The molecule has 1 aliphatic carbocycles. The summed E-state index contributed by atoms with van der Waals surface area (Å²) in [4.78, 5) is 0. The molecule has 18 heavy (non-hydrogen) atoms. The second-order valence-electron chi connectivity index (χ2n) is 5.03. The van der Waals surface area contributed by atoms with Crippen molar-refractivity contribution in [1.29, 1.82) is 5.26 Å². The molecule has 1 unspecified atom stereocenters. The molecular weight excluding hydrogens is 252 g/mol. The molecule has 1 saturated carbocycles. The van der Waals surface area contributed by atoms with E-state index in [1.807, 2.05) is 0 Å². The molecule has 1 fully saturated rings. The molecular formula is C12H22N2O3S.